The fourth-order valence-corrected chi connectivity index (χ4v) is 3.01. The minimum atomic E-state index is -3.57. The molecule has 128 valence electrons. The van der Waals surface area contributed by atoms with E-state index in [1.165, 1.54) is 0 Å². The number of carbonyl (C=O) groups is 1. The summed E-state index contributed by atoms with van der Waals surface area (Å²) in [6, 6.07) is 15.5. The van der Waals surface area contributed by atoms with Crippen LogP contribution in [0.2, 0.25) is 0 Å². The third-order valence-electron chi connectivity index (χ3n) is 3.16. The van der Waals surface area contributed by atoms with Gasteiger partial charge in [0, 0.05) is 11.8 Å². The number of benzene rings is 2. The Labute approximate surface area is 142 Å². The number of nitrogens with one attached hydrogen (secondary N) is 1. The molecule has 0 unspecified atom stereocenters. The average molecular weight is 348 g/mol. The SMILES string of the molecule is CCOc1cccc(NC(=O)CN(c2ccccc2)S(C)(=O)=O)c1. The number of sulfonamides is 1. The quantitative estimate of drug-likeness (QED) is 0.834. The molecule has 0 atom stereocenters. The van der Waals surface area contributed by atoms with Crippen molar-refractivity contribution in [3.8, 4) is 5.75 Å². The number of hydrogen-bond donors (Lipinski definition) is 1. The smallest absolute Gasteiger partial charge is 0.245 e. The molecule has 0 spiro atoms. The predicted octanol–water partition coefficient (Wildman–Crippen LogP) is 2.49. The molecule has 2 aromatic carbocycles. The third-order valence-corrected chi connectivity index (χ3v) is 4.30. The van der Waals surface area contributed by atoms with Crippen molar-refractivity contribution in [2.24, 2.45) is 0 Å². The maximum absolute atomic E-state index is 12.3. The molecule has 0 saturated carbocycles. The number of para-hydroxylation sites is 1. The van der Waals surface area contributed by atoms with Gasteiger partial charge in [0.25, 0.3) is 0 Å². The lowest BCUT2D eigenvalue weighted by Crippen LogP contribution is -2.37. The Morgan fingerprint density at radius 3 is 2.46 bits per heavy atom. The van der Waals surface area contributed by atoms with E-state index in [0.29, 0.717) is 23.7 Å². The highest BCUT2D eigenvalue weighted by Gasteiger charge is 2.20. The van der Waals surface area contributed by atoms with Crippen LogP contribution < -0.4 is 14.4 Å². The van der Waals surface area contributed by atoms with Gasteiger partial charge in [0.15, 0.2) is 0 Å². The summed E-state index contributed by atoms with van der Waals surface area (Å²) in [4.78, 5) is 12.3. The number of rotatable bonds is 7. The first kappa shape index (κ1) is 17.8. The highest BCUT2D eigenvalue weighted by Crippen LogP contribution is 2.19. The standard InChI is InChI=1S/C17H20N2O4S/c1-3-23-16-11-7-8-14(12-16)18-17(20)13-19(24(2,21)22)15-9-5-4-6-10-15/h4-12H,3,13H2,1-2H3,(H,18,20). The summed E-state index contributed by atoms with van der Waals surface area (Å²) in [5, 5.41) is 2.69. The van der Waals surface area contributed by atoms with Gasteiger partial charge in [-0.3, -0.25) is 9.10 Å². The van der Waals surface area contributed by atoms with Crippen molar-refractivity contribution in [3.63, 3.8) is 0 Å². The Morgan fingerprint density at radius 1 is 1.12 bits per heavy atom. The normalized spacial score (nSPS) is 10.9. The number of amides is 1. The molecule has 0 aromatic heterocycles. The summed E-state index contributed by atoms with van der Waals surface area (Å²) >= 11 is 0. The van der Waals surface area contributed by atoms with Crippen LogP contribution in [0.4, 0.5) is 11.4 Å². The predicted molar refractivity (Wildman–Crippen MR) is 94.9 cm³/mol. The van der Waals surface area contributed by atoms with Crippen LogP contribution in [0.1, 0.15) is 6.92 Å². The van der Waals surface area contributed by atoms with Crippen molar-refractivity contribution in [1.29, 1.82) is 0 Å². The zero-order valence-corrected chi connectivity index (χ0v) is 14.4. The van der Waals surface area contributed by atoms with E-state index in [1.807, 2.05) is 6.92 Å². The number of anilines is 2. The molecule has 0 fully saturated rings. The van der Waals surface area contributed by atoms with Gasteiger partial charge in [0.2, 0.25) is 15.9 Å². The Bertz CT molecular complexity index is 791. The van der Waals surface area contributed by atoms with E-state index >= 15 is 0 Å². The van der Waals surface area contributed by atoms with Gasteiger partial charge in [-0.2, -0.15) is 0 Å². The van der Waals surface area contributed by atoms with Gasteiger partial charge in [-0.25, -0.2) is 8.42 Å². The molecule has 6 nitrogen and oxygen atoms in total. The number of nitrogens with zero attached hydrogens (tertiary/aromatic N) is 1. The molecule has 0 bridgehead atoms. The van der Waals surface area contributed by atoms with Gasteiger partial charge in [-0.15, -0.1) is 0 Å². The Morgan fingerprint density at radius 2 is 1.83 bits per heavy atom. The lowest BCUT2D eigenvalue weighted by Gasteiger charge is -2.21. The molecule has 7 heteroatoms. The second-order valence-corrected chi connectivity index (χ2v) is 7.02. The molecule has 0 radical (unpaired) electrons. The van der Waals surface area contributed by atoms with Crippen LogP contribution in [-0.4, -0.2) is 33.7 Å². The topological polar surface area (TPSA) is 75.7 Å². The van der Waals surface area contributed by atoms with Crippen LogP contribution in [0.5, 0.6) is 5.75 Å². The largest absolute Gasteiger partial charge is 0.494 e. The van der Waals surface area contributed by atoms with E-state index in [9.17, 15) is 13.2 Å². The maximum Gasteiger partial charge on any atom is 0.245 e. The fourth-order valence-electron chi connectivity index (χ4n) is 2.16. The number of hydrogen-bond acceptors (Lipinski definition) is 4. The van der Waals surface area contributed by atoms with Crippen LogP contribution in [0.15, 0.2) is 54.6 Å². The zero-order chi connectivity index (χ0) is 17.6. The van der Waals surface area contributed by atoms with Gasteiger partial charge in [0.05, 0.1) is 18.6 Å². The van der Waals surface area contributed by atoms with Crippen LogP contribution in [0.3, 0.4) is 0 Å². The van der Waals surface area contributed by atoms with Crippen molar-refractivity contribution >= 4 is 27.3 Å². The first-order valence-corrected chi connectivity index (χ1v) is 9.30. The number of ether oxygens (including phenoxy) is 1. The zero-order valence-electron chi connectivity index (χ0n) is 13.6. The summed E-state index contributed by atoms with van der Waals surface area (Å²) in [6.07, 6.45) is 1.07. The molecule has 1 amide bonds. The van der Waals surface area contributed by atoms with Crippen molar-refractivity contribution in [1.82, 2.24) is 0 Å². The van der Waals surface area contributed by atoms with Gasteiger partial charge < -0.3 is 10.1 Å². The third kappa shape index (κ3) is 4.99. The molecule has 0 aliphatic rings. The van der Waals surface area contributed by atoms with Gasteiger partial charge >= 0.3 is 0 Å². The fraction of sp³-hybridized carbons (Fsp3) is 0.235. The van der Waals surface area contributed by atoms with Crippen molar-refractivity contribution in [2.75, 3.05) is 29.0 Å². The molecule has 1 N–H and O–H groups in total. The molecule has 0 heterocycles. The molecular weight excluding hydrogens is 328 g/mol. The van der Waals surface area contributed by atoms with E-state index in [0.717, 1.165) is 10.6 Å². The molecule has 2 aromatic rings. The summed E-state index contributed by atoms with van der Waals surface area (Å²) in [6.45, 7) is 2.09. The molecule has 24 heavy (non-hydrogen) atoms. The van der Waals surface area contributed by atoms with Crippen LogP contribution in [0.25, 0.3) is 0 Å². The van der Waals surface area contributed by atoms with Gasteiger partial charge in [0.1, 0.15) is 12.3 Å². The van der Waals surface area contributed by atoms with E-state index in [2.05, 4.69) is 5.32 Å². The minimum Gasteiger partial charge on any atom is -0.494 e. The van der Waals surface area contributed by atoms with Crippen molar-refractivity contribution < 1.29 is 17.9 Å². The van der Waals surface area contributed by atoms with Crippen molar-refractivity contribution in [2.45, 2.75) is 6.92 Å². The van der Waals surface area contributed by atoms with E-state index < -0.39 is 15.9 Å². The summed E-state index contributed by atoms with van der Waals surface area (Å²) in [5.74, 6) is 0.205. The maximum atomic E-state index is 12.3. The summed E-state index contributed by atoms with van der Waals surface area (Å²) in [7, 11) is -3.57. The van der Waals surface area contributed by atoms with Crippen LogP contribution in [0, 0.1) is 0 Å². The van der Waals surface area contributed by atoms with E-state index in [-0.39, 0.29) is 6.54 Å². The first-order valence-electron chi connectivity index (χ1n) is 7.45. The van der Waals surface area contributed by atoms with Gasteiger partial charge in [-0.1, -0.05) is 24.3 Å². The van der Waals surface area contributed by atoms with E-state index in [4.69, 9.17) is 4.74 Å². The average Bonchev–Trinajstić information content (AvgIpc) is 2.53. The Balaban J connectivity index is 2.13. The van der Waals surface area contributed by atoms with Gasteiger partial charge in [-0.05, 0) is 31.2 Å². The Kier molecular flexibility index (Phi) is 5.81. The summed E-state index contributed by atoms with van der Waals surface area (Å²) in [5.41, 5.74) is 0.991. The Hall–Kier alpha value is -2.54. The highest BCUT2D eigenvalue weighted by molar-refractivity contribution is 7.92. The number of carbonyl (C=O) groups excluding carboxylic acids is 1. The highest BCUT2D eigenvalue weighted by atomic mass is 32.2. The summed E-state index contributed by atoms with van der Waals surface area (Å²) < 4.78 is 30.4. The minimum absolute atomic E-state index is 0.304. The monoisotopic (exact) mass is 348 g/mol. The lowest BCUT2D eigenvalue weighted by atomic mass is 10.3. The molecular formula is C17H20N2O4S. The van der Waals surface area contributed by atoms with Crippen LogP contribution in [-0.2, 0) is 14.8 Å². The second-order valence-electron chi connectivity index (χ2n) is 5.11. The molecule has 0 aliphatic carbocycles. The van der Waals surface area contributed by atoms with Crippen LogP contribution >= 0.6 is 0 Å². The molecule has 2 rings (SSSR count). The lowest BCUT2D eigenvalue weighted by molar-refractivity contribution is -0.114. The van der Waals surface area contributed by atoms with E-state index in [1.54, 1.807) is 54.6 Å². The second kappa shape index (κ2) is 7.83. The molecule has 0 saturated heterocycles. The van der Waals surface area contributed by atoms with Crippen molar-refractivity contribution in [3.05, 3.63) is 54.6 Å². The molecule has 0 aliphatic heterocycles. The first-order chi connectivity index (χ1) is 11.4.